The largest absolute Gasteiger partial charge is 0.299 e. The number of rotatable bonds is 4. The van der Waals surface area contributed by atoms with E-state index < -0.39 is 0 Å². The summed E-state index contributed by atoms with van der Waals surface area (Å²) in [6.45, 7) is 6.30. The smallest absolute Gasteiger partial charge is 0.0991 e. The van der Waals surface area contributed by atoms with Crippen molar-refractivity contribution >= 4 is 0 Å². The van der Waals surface area contributed by atoms with Gasteiger partial charge in [0.1, 0.15) is 0 Å². The maximum absolute atomic E-state index is 8.84. The standard InChI is InChI=1S/C18H22N4/c1-2-22-14-18(12-20-22)17-7-9-21(10-8-17)13-16-5-3-15(11-19)4-6-16/h3-6,12,14,17H,2,7-10,13H2,1H3. The first-order valence-corrected chi connectivity index (χ1v) is 8.02. The number of hydrogen-bond donors (Lipinski definition) is 0. The lowest BCUT2D eigenvalue weighted by Gasteiger charge is -2.31. The van der Waals surface area contributed by atoms with E-state index in [1.165, 1.54) is 24.0 Å². The van der Waals surface area contributed by atoms with Crippen molar-refractivity contribution in [3.05, 3.63) is 53.3 Å². The molecule has 1 saturated heterocycles. The van der Waals surface area contributed by atoms with Crippen LogP contribution in [0.25, 0.3) is 0 Å². The van der Waals surface area contributed by atoms with Crippen molar-refractivity contribution in [2.45, 2.75) is 38.8 Å². The Kier molecular flexibility index (Phi) is 4.55. The Bertz CT molecular complexity index is 642. The summed E-state index contributed by atoms with van der Waals surface area (Å²) >= 11 is 0. The molecule has 0 aliphatic carbocycles. The molecule has 4 heteroatoms. The van der Waals surface area contributed by atoms with Gasteiger partial charge in [0.25, 0.3) is 0 Å². The molecule has 1 aliphatic heterocycles. The zero-order valence-corrected chi connectivity index (χ0v) is 13.1. The minimum atomic E-state index is 0.650. The van der Waals surface area contributed by atoms with Crippen LogP contribution in [0.15, 0.2) is 36.7 Å². The summed E-state index contributed by atoms with van der Waals surface area (Å²) in [6, 6.07) is 10.1. The molecular formula is C18H22N4. The fourth-order valence-corrected chi connectivity index (χ4v) is 3.13. The molecule has 0 N–H and O–H groups in total. The number of benzene rings is 1. The van der Waals surface area contributed by atoms with Crippen molar-refractivity contribution in [1.82, 2.24) is 14.7 Å². The number of likely N-dealkylation sites (tertiary alicyclic amines) is 1. The number of nitriles is 1. The third-order valence-corrected chi connectivity index (χ3v) is 4.53. The average molecular weight is 294 g/mol. The fraction of sp³-hybridized carbons (Fsp3) is 0.444. The van der Waals surface area contributed by atoms with E-state index >= 15 is 0 Å². The molecule has 3 rings (SSSR count). The van der Waals surface area contributed by atoms with E-state index in [-0.39, 0.29) is 0 Å². The van der Waals surface area contributed by atoms with Crippen molar-refractivity contribution in [3.8, 4) is 6.07 Å². The van der Waals surface area contributed by atoms with Crippen LogP contribution in [-0.4, -0.2) is 27.8 Å². The molecule has 0 spiro atoms. The Labute approximate surface area is 132 Å². The summed E-state index contributed by atoms with van der Waals surface area (Å²) in [4.78, 5) is 2.50. The molecule has 1 fully saturated rings. The lowest BCUT2D eigenvalue weighted by Crippen LogP contribution is -2.32. The van der Waals surface area contributed by atoms with Crippen molar-refractivity contribution < 1.29 is 0 Å². The van der Waals surface area contributed by atoms with Crippen molar-refractivity contribution in [2.75, 3.05) is 13.1 Å². The first-order chi connectivity index (χ1) is 10.8. The van der Waals surface area contributed by atoms with Crippen molar-refractivity contribution in [1.29, 1.82) is 5.26 Å². The van der Waals surface area contributed by atoms with E-state index in [2.05, 4.69) is 41.3 Å². The normalized spacial score (nSPS) is 16.5. The first kappa shape index (κ1) is 14.8. The highest BCUT2D eigenvalue weighted by atomic mass is 15.3. The summed E-state index contributed by atoms with van der Waals surface area (Å²) in [5.74, 6) is 0.650. The Morgan fingerprint density at radius 2 is 1.95 bits per heavy atom. The number of aromatic nitrogens is 2. The molecular weight excluding hydrogens is 272 g/mol. The molecule has 0 amide bonds. The molecule has 4 nitrogen and oxygen atoms in total. The third-order valence-electron chi connectivity index (χ3n) is 4.53. The van der Waals surface area contributed by atoms with Gasteiger partial charge in [-0.1, -0.05) is 12.1 Å². The van der Waals surface area contributed by atoms with E-state index in [1.807, 2.05) is 23.0 Å². The number of nitrogens with zero attached hydrogens (tertiary/aromatic N) is 4. The quantitative estimate of drug-likeness (QED) is 0.870. The van der Waals surface area contributed by atoms with Gasteiger partial charge in [-0.25, -0.2) is 0 Å². The van der Waals surface area contributed by atoms with E-state index in [4.69, 9.17) is 5.26 Å². The van der Waals surface area contributed by atoms with Crippen molar-refractivity contribution in [2.24, 2.45) is 0 Å². The molecule has 114 valence electrons. The minimum Gasteiger partial charge on any atom is -0.299 e. The molecule has 0 radical (unpaired) electrons. The highest BCUT2D eigenvalue weighted by molar-refractivity contribution is 5.31. The molecule has 2 aromatic rings. The van der Waals surface area contributed by atoms with Crippen LogP contribution in [0.3, 0.4) is 0 Å². The van der Waals surface area contributed by atoms with E-state index in [0.29, 0.717) is 5.92 Å². The van der Waals surface area contributed by atoms with E-state index in [0.717, 1.165) is 31.7 Å². The lowest BCUT2D eigenvalue weighted by atomic mass is 9.91. The summed E-state index contributed by atoms with van der Waals surface area (Å²) < 4.78 is 2.01. The molecule has 1 aromatic heterocycles. The number of hydrogen-bond acceptors (Lipinski definition) is 3. The zero-order valence-electron chi connectivity index (χ0n) is 13.1. The van der Waals surface area contributed by atoms with Gasteiger partial charge in [-0.05, 0) is 62.0 Å². The summed E-state index contributed by atoms with van der Waals surface area (Å²) in [5.41, 5.74) is 3.41. The predicted molar refractivity (Wildman–Crippen MR) is 86.3 cm³/mol. The van der Waals surface area contributed by atoms with Crippen LogP contribution >= 0.6 is 0 Å². The minimum absolute atomic E-state index is 0.650. The van der Waals surface area contributed by atoms with Gasteiger partial charge in [-0.15, -0.1) is 0 Å². The Morgan fingerprint density at radius 1 is 1.23 bits per heavy atom. The monoisotopic (exact) mass is 294 g/mol. The lowest BCUT2D eigenvalue weighted by molar-refractivity contribution is 0.204. The maximum atomic E-state index is 8.84. The van der Waals surface area contributed by atoms with Crippen LogP contribution < -0.4 is 0 Å². The second-order valence-electron chi connectivity index (χ2n) is 5.99. The number of piperidine rings is 1. The molecule has 0 unspecified atom stereocenters. The molecule has 2 heterocycles. The Morgan fingerprint density at radius 3 is 2.55 bits per heavy atom. The summed E-state index contributed by atoms with van der Waals surface area (Å²) in [6.07, 6.45) is 6.63. The van der Waals surface area contributed by atoms with Gasteiger partial charge in [0.05, 0.1) is 17.8 Å². The van der Waals surface area contributed by atoms with Gasteiger partial charge < -0.3 is 0 Å². The predicted octanol–water partition coefficient (Wildman–Crippen LogP) is 3.15. The molecule has 0 atom stereocenters. The fourth-order valence-electron chi connectivity index (χ4n) is 3.13. The summed E-state index contributed by atoms with van der Waals surface area (Å²) in [5, 5.41) is 13.2. The van der Waals surface area contributed by atoms with Crippen LogP contribution in [0.5, 0.6) is 0 Å². The van der Waals surface area contributed by atoms with E-state index in [1.54, 1.807) is 0 Å². The Balaban J connectivity index is 1.54. The zero-order chi connectivity index (χ0) is 15.4. The third kappa shape index (κ3) is 3.37. The second-order valence-corrected chi connectivity index (χ2v) is 5.99. The van der Waals surface area contributed by atoms with Gasteiger partial charge >= 0.3 is 0 Å². The summed E-state index contributed by atoms with van der Waals surface area (Å²) in [7, 11) is 0. The topological polar surface area (TPSA) is 44.9 Å². The van der Waals surface area contributed by atoms with Gasteiger partial charge in [0.15, 0.2) is 0 Å². The molecule has 0 bridgehead atoms. The van der Waals surface area contributed by atoms with Gasteiger partial charge in [-0.2, -0.15) is 10.4 Å². The SMILES string of the molecule is CCn1cc(C2CCN(Cc3ccc(C#N)cc3)CC2)cn1. The van der Waals surface area contributed by atoms with Crippen LogP contribution in [-0.2, 0) is 13.1 Å². The van der Waals surface area contributed by atoms with Crippen LogP contribution in [0.4, 0.5) is 0 Å². The van der Waals surface area contributed by atoms with Crippen LogP contribution in [0.1, 0.15) is 42.4 Å². The van der Waals surface area contributed by atoms with E-state index in [9.17, 15) is 0 Å². The molecule has 0 saturated carbocycles. The van der Waals surface area contributed by atoms with Gasteiger partial charge in [-0.3, -0.25) is 9.58 Å². The van der Waals surface area contributed by atoms with Crippen LogP contribution in [0, 0.1) is 11.3 Å². The first-order valence-electron chi connectivity index (χ1n) is 8.02. The number of aryl methyl sites for hydroxylation is 1. The average Bonchev–Trinajstić information content (AvgIpc) is 3.05. The highest BCUT2D eigenvalue weighted by Gasteiger charge is 2.21. The molecule has 1 aliphatic rings. The molecule has 1 aromatic carbocycles. The van der Waals surface area contributed by atoms with Crippen LogP contribution in [0.2, 0.25) is 0 Å². The highest BCUT2D eigenvalue weighted by Crippen LogP contribution is 2.28. The van der Waals surface area contributed by atoms with Crippen molar-refractivity contribution in [3.63, 3.8) is 0 Å². The molecule has 22 heavy (non-hydrogen) atoms. The second kappa shape index (κ2) is 6.76. The van der Waals surface area contributed by atoms with Gasteiger partial charge in [0.2, 0.25) is 0 Å². The maximum Gasteiger partial charge on any atom is 0.0991 e. The van der Waals surface area contributed by atoms with Gasteiger partial charge in [0, 0.05) is 19.3 Å². The Hall–Kier alpha value is -2.12.